The summed E-state index contributed by atoms with van der Waals surface area (Å²) in [4.78, 5) is 0. The summed E-state index contributed by atoms with van der Waals surface area (Å²) in [7, 11) is 0. The molecular formula is C20H24FNO4. The molecule has 1 atom stereocenters. The molecule has 0 amide bonds. The van der Waals surface area contributed by atoms with Crippen molar-refractivity contribution in [3.05, 3.63) is 47.8 Å². The molecule has 0 spiro atoms. The third-order valence-corrected chi connectivity index (χ3v) is 4.48. The molecule has 1 fully saturated rings. The minimum atomic E-state index is -0.680. The molecule has 26 heavy (non-hydrogen) atoms. The molecule has 2 aromatic rings. The molecule has 0 aromatic heterocycles. The number of aliphatic hydroxyl groups excluding tert-OH is 1. The van der Waals surface area contributed by atoms with Gasteiger partial charge in [0.1, 0.15) is 11.5 Å². The highest BCUT2D eigenvalue weighted by atomic mass is 19.1. The molecule has 5 nitrogen and oxygen atoms in total. The molecule has 6 heteroatoms. The molecular weight excluding hydrogens is 337 g/mol. The summed E-state index contributed by atoms with van der Waals surface area (Å²) < 4.78 is 25.2. The Morgan fingerprint density at radius 1 is 1.23 bits per heavy atom. The Morgan fingerprint density at radius 3 is 2.62 bits per heavy atom. The quantitative estimate of drug-likeness (QED) is 0.764. The zero-order valence-corrected chi connectivity index (χ0v) is 15.0. The van der Waals surface area contributed by atoms with Crippen molar-refractivity contribution in [2.45, 2.75) is 26.2 Å². The number of aromatic hydroxyl groups is 1. The monoisotopic (exact) mass is 361 g/mol. The van der Waals surface area contributed by atoms with Crippen LogP contribution in [0.15, 0.2) is 36.4 Å². The van der Waals surface area contributed by atoms with Gasteiger partial charge in [0.05, 0.1) is 19.8 Å². The van der Waals surface area contributed by atoms with E-state index in [0.717, 1.165) is 12.1 Å². The van der Waals surface area contributed by atoms with Gasteiger partial charge in [0.2, 0.25) is 0 Å². The average Bonchev–Trinajstić information content (AvgIpc) is 2.63. The van der Waals surface area contributed by atoms with Gasteiger partial charge in [-0.25, -0.2) is 4.39 Å². The summed E-state index contributed by atoms with van der Waals surface area (Å²) in [6.45, 7) is 5.67. The van der Waals surface area contributed by atoms with Crippen LogP contribution in [0, 0.1) is 11.7 Å². The third kappa shape index (κ3) is 4.33. The van der Waals surface area contributed by atoms with Crippen molar-refractivity contribution in [1.82, 2.24) is 5.32 Å². The molecule has 140 valence electrons. The predicted octanol–water partition coefficient (Wildman–Crippen LogP) is 3.04. The highest BCUT2D eigenvalue weighted by Crippen LogP contribution is 2.29. The minimum absolute atomic E-state index is 0.184. The molecule has 1 heterocycles. The van der Waals surface area contributed by atoms with E-state index in [1.165, 1.54) is 12.1 Å². The van der Waals surface area contributed by atoms with Crippen LogP contribution < -0.4 is 10.1 Å². The van der Waals surface area contributed by atoms with Crippen LogP contribution in [-0.4, -0.2) is 35.7 Å². The summed E-state index contributed by atoms with van der Waals surface area (Å²) >= 11 is 0. The number of phenolic OH excluding ortho intramolecular Hbond substituents is 1. The van der Waals surface area contributed by atoms with E-state index in [1.54, 1.807) is 24.3 Å². The van der Waals surface area contributed by atoms with E-state index in [1.807, 2.05) is 13.8 Å². The molecule has 1 saturated heterocycles. The first-order valence-electron chi connectivity index (χ1n) is 8.62. The van der Waals surface area contributed by atoms with Crippen LogP contribution in [0.1, 0.15) is 19.4 Å². The van der Waals surface area contributed by atoms with Gasteiger partial charge < -0.3 is 19.7 Å². The second-order valence-electron chi connectivity index (χ2n) is 7.03. The van der Waals surface area contributed by atoms with E-state index in [9.17, 15) is 14.6 Å². The lowest BCUT2D eigenvalue weighted by atomic mass is 10.0. The van der Waals surface area contributed by atoms with Gasteiger partial charge in [-0.3, -0.25) is 5.32 Å². The van der Waals surface area contributed by atoms with Gasteiger partial charge in [0, 0.05) is 18.0 Å². The van der Waals surface area contributed by atoms with E-state index in [0.29, 0.717) is 30.1 Å². The number of ether oxygens (including phenoxy) is 2. The largest absolute Gasteiger partial charge is 0.505 e. The number of halogens is 1. The summed E-state index contributed by atoms with van der Waals surface area (Å²) in [5.74, 6) is -0.246. The van der Waals surface area contributed by atoms with Crippen LogP contribution in [0.3, 0.4) is 0 Å². The molecule has 3 rings (SSSR count). The van der Waals surface area contributed by atoms with Gasteiger partial charge >= 0.3 is 0 Å². The van der Waals surface area contributed by atoms with Crippen molar-refractivity contribution >= 4 is 0 Å². The zero-order chi connectivity index (χ0) is 18.7. The number of aliphatic hydroxyl groups is 1. The molecule has 0 saturated carbocycles. The smallest absolute Gasteiger partial charge is 0.165 e. The molecule has 1 aliphatic heterocycles. The molecule has 0 bridgehead atoms. The molecule has 2 aromatic carbocycles. The number of nitrogens with one attached hydrogen (secondary N) is 1. The number of benzene rings is 2. The lowest BCUT2D eigenvalue weighted by Gasteiger charge is -2.35. The Kier molecular flexibility index (Phi) is 5.46. The molecule has 1 unspecified atom stereocenters. The van der Waals surface area contributed by atoms with Gasteiger partial charge in [0.25, 0.3) is 0 Å². The SMILES string of the molecule is CC1(C)NCC(COc2ccc(-c3ccc(O)c(F)c3)cc2CO)CO1. The molecule has 3 N–H and O–H groups in total. The summed E-state index contributed by atoms with van der Waals surface area (Å²) in [6.07, 6.45) is 0. The first-order valence-corrected chi connectivity index (χ1v) is 8.62. The van der Waals surface area contributed by atoms with Crippen molar-refractivity contribution in [3.8, 4) is 22.6 Å². The second-order valence-corrected chi connectivity index (χ2v) is 7.03. The number of rotatable bonds is 5. The van der Waals surface area contributed by atoms with Gasteiger partial charge in [-0.05, 0) is 49.2 Å². The summed E-state index contributed by atoms with van der Waals surface area (Å²) in [5.41, 5.74) is 1.67. The molecule has 0 aliphatic carbocycles. The van der Waals surface area contributed by atoms with E-state index in [2.05, 4.69) is 5.32 Å². The van der Waals surface area contributed by atoms with Crippen LogP contribution in [0.2, 0.25) is 0 Å². The Labute approximate surface area is 152 Å². The lowest BCUT2D eigenvalue weighted by Crippen LogP contribution is -2.51. The van der Waals surface area contributed by atoms with Gasteiger partial charge in [-0.2, -0.15) is 0 Å². The van der Waals surface area contributed by atoms with Gasteiger partial charge in [-0.15, -0.1) is 0 Å². The summed E-state index contributed by atoms with van der Waals surface area (Å²) in [5, 5.41) is 22.3. The fourth-order valence-electron chi connectivity index (χ4n) is 2.85. The normalized spacial score (nSPS) is 19.3. The van der Waals surface area contributed by atoms with Crippen LogP contribution in [0.25, 0.3) is 11.1 Å². The van der Waals surface area contributed by atoms with E-state index >= 15 is 0 Å². The maximum atomic E-state index is 13.6. The Morgan fingerprint density at radius 2 is 1.96 bits per heavy atom. The topological polar surface area (TPSA) is 71.0 Å². The predicted molar refractivity (Wildman–Crippen MR) is 96.4 cm³/mol. The van der Waals surface area contributed by atoms with Crippen LogP contribution in [0.4, 0.5) is 4.39 Å². The van der Waals surface area contributed by atoms with Crippen molar-refractivity contribution in [2.24, 2.45) is 5.92 Å². The molecule has 1 aliphatic rings. The fraction of sp³-hybridized carbons (Fsp3) is 0.400. The maximum Gasteiger partial charge on any atom is 0.165 e. The van der Waals surface area contributed by atoms with Crippen molar-refractivity contribution in [1.29, 1.82) is 0 Å². The number of phenols is 1. The highest BCUT2D eigenvalue weighted by molar-refractivity contribution is 5.66. The van der Waals surface area contributed by atoms with Crippen molar-refractivity contribution < 1.29 is 24.1 Å². The van der Waals surface area contributed by atoms with Crippen molar-refractivity contribution in [2.75, 3.05) is 19.8 Å². The molecule has 0 radical (unpaired) electrons. The first kappa shape index (κ1) is 18.6. The Bertz CT molecular complexity index is 768. The van der Waals surface area contributed by atoms with Crippen LogP contribution >= 0.6 is 0 Å². The van der Waals surface area contributed by atoms with Gasteiger partial charge in [-0.1, -0.05) is 12.1 Å². The van der Waals surface area contributed by atoms with Gasteiger partial charge in [0.15, 0.2) is 11.6 Å². The minimum Gasteiger partial charge on any atom is -0.505 e. The summed E-state index contributed by atoms with van der Waals surface area (Å²) in [6, 6.07) is 9.54. The third-order valence-electron chi connectivity index (χ3n) is 4.48. The average molecular weight is 361 g/mol. The van der Waals surface area contributed by atoms with Crippen LogP contribution in [0.5, 0.6) is 11.5 Å². The van der Waals surface area contributed by atoms with E-state index in [-0.39, 0.29) is 24.0 Å². The maximum absolute atomic E-state index is 13.6. The Hall–Kier alpha value is -2.15. The Balaban J connectivity index is 1.70. The van der Waals surface area contributed by atoms with Crippen LogP contribution in [-0.2, 0) is 11.3 Å². The zero-order valence-electron chi connectivity index (χ0n) is 15.0. The number of hydrogen-bond acceptors (Lipinski definition) is 5. The van der Waals surface area contributed by atoms with E-state index < -0.39 is 5.82 Å². The van der Waals surface area contributed by atoms with Crippen molar-refractivity contribution in [3.63, 3.8) is 0 Å². The highest BCUT2D eigenvalue weighted by Gasteiger charge is 2.27. The first-order chi connectivity index (χ1) is 12.4. The van der Waals surface area contributed by atoms with E-state index in [4.69, 9.17) is 9.47 Å². The second kappa shape index (κ2) is 7.61. The number of hydrogen-bond donors (Lipinski definition) is 3. The standard InChI is InChI=1S/C20H24FNO4/c1-20(2)22-9-13(12-26-20)11-25-19-6-4-14(7-16(19)10-23)15-3-5-18(24)17(21)8-15/h3-8,13,22-24H,9-12H2,1-2H3. The lowest BCUT2D eigenvalue weighted by molar-refractivity contribution is -0.0970. The fourth-order valence-corrected chi connectivity index (χ4v) is 2.85.